The highest BCUT2D eigenvalue weighted by Gasteiger charge is 2.57. The zero-order valence-corrected chi connectivity index (χ0v) is 15.3. The molecule has 2 amide bonds. The van der Waals surface area contributed by atoms with Gasteiger partial charge in [0.2, 0.25) is 11.8 Å². The smallest absolute Gasteiger partial charge is 0.240 e. The van der Waals surface area contributed by atoms with E-state index in [2.05, 4.69) is 10.6 Å². The molecule has 1 fully saturated rings. The van der Waals surface area contributed by atoms with Crippen molar-refractivity contribution in [2.45, 2.75) is 39.2 Å². The lowest BCUT2D eigenvalue weighted by Gasteiger charge is -2.24. The van der Waals surface area contributed by atoms with Crippen molar-refractivity contribution >= 4 is 17.5 Å². The third-order valence-corrected chi connectivity index (χ3v) is 4.21. The van der Waals surface area contributed by atoms with Crippen LogP contribution in [-0.2, 0) is 9.59 Å². The molecule has 0 atom stereocenters. The van der Waals surface area contributed by atoms with Crippen molar-refractivity contribution in [3.05, 3.63) is 54.6 Å². The Bertz CT molecular complexity index is 806. The van der Waals surface area contributed by atoms with Crippen LogP contribution in [0.3, 0.4) is 0 Å². The summed E-state index contributed by atoms with van der Waals surface area (Å²) in [6.45, 7) is 5.71. The van der Waals surface area contributed by atoms with E-state index < -0.39 is 5.41 Å². The Balaban J connectivity index is 1.75. The molecular weight excluding hydrogens is 328 g/mol. The van der Waals surface area contributed by atoms with E-state index in [9.17, 15) is 9.59 Å². The van der Waals surface area contributed by atoms with Gasteiger partial charge in [-0.3, -0.25) is 9.59 Å². The summed E-state index contributed by atoms with van der Waals surface area (Å²) in [7, 11) is 0. The molecular formula is C21H24N2O3. The predicted molar refractivity (Wildman–Crippen MR) is 101 cm³/mol. The van der Waals surface area contributed by atoms with Crippen LogP contribution >= 0.6 is 0 Å². The minimum Gasteiger partial charge on any atom is -0.455 e. The lowest BCUT2D eigenvalue weighted by Crippen LogP contribution is -2.48. The van der Waals surface area contributed by atoms with E-state index in [0.717, 1.165) is 0 Å². The van der Waals surface area contributed by atoms with Gasteiger partial charge in [0.1, 0.15) is 11.2 Å². The molecule has 0 aromatic heterocycles. The third-order valence-electron chi connectivity index (χ3n) is 4.21. The Morgan fingerprint density at radius 1 is 0.923 bits per heavy atom. The zero-order valence-electron chi connectivity index (χ0n) is 15.3. The van der Waals surface area contributed by atoms with E-state index in [-0.39, 0.29) is 17.4 Å². The minimum atomic E-state index is -0.979. The molecule has 1 aliphatic carbocycles. The number of hydrogen-bond donors (Lipinski definition) is 2. The molecule has 2 aromatic rings. The molecule has 5 nitrogen and oxygen atoms in total. The quantitative estimate of drug-likeness (QED) is 0.796. The second kappa shape index (κ2) is 6.83. The second-order valence-corrected chi connectivity index (χ2v) is 7.65. The van der Waals surface area contributed by atoms with Gasteiger partial charge in [-0.25, -0.2) is 0 Å². The summed E-state index contributed by atoms with van der Waals surface area (Å²) in [6.07, 6.45) is 1.12. The molecule has 136 valence electrons. The first-order valence-corrected chi connectivity index (χ1v) is 8.76. The molecule has 0 bridgehead atoms. The van der Waals surface area contributed by atoms with Crippen LogP contribution in [-0.4, -0.2) is 17.4 Å². The molecule has 3 rings (SSSR count). The van der Waals surface area contributed by atoms with Gasteiger partial charge in [-0.15, -0.1) is 0 Å². The van der Waals surface area contributed by atoms with Crippen molar-refractivity contribution in [3.8, 4) is 11.5 Å². The first-order valence-electron chi connectivity index (χ1n) is 8.76. The van der Waals surface area contributed by atoms with Gasteiger partial charge in [-0.2, -0.15) is 0 Å². The number of amides is 2. The number of anilines is 1. The fourth-order valence-electron chi connectivity index (χ4n) is 2.66. The van der Waals surface area contributed by atoms with Crippen LogP contribution in [0.1, 0.15) is 33.6 Å². The zero-order chi connectivity index (χ0) is 18.8. The monoisotopic (exact) mass is 352 g/mol. The highest BCUT2D eigenvalue weighted by Crippen LogP contribution is 2.47. The summed E-state index contributed by atoms with van der Waals surface area (Å²) >= 11 is 0. The van der Waals surface area contributed by atoms with Gasteiger partial charge < -0.3 is 15.4 Å². The Morgan fingerprint density at radius 2 is 1.54 bits per heavy atom. The molecule has 0 radical (unpaired) electrons. The van der Waals surface area contributed by atoms with Crippen molar-refractivity contribution in [2.24, 2.45) is 5.41 Å². The van der Waals surface area contributed by atoms with E-state index in [0.29, 0.717) is 30.0 Å². The molecule has 1 saturated carbocycles. The van der Waals surface area contributed by atoms with E-state index in [1.165, 1.54) is 0 Å². The largest absolute Gasteiger partial charge is 0.455 e. The van der Waals surface area contributed by atoms with Crippen molar-refractivity contribution in [3.63, 3.8) is 0 Å². The summed E-state index contributed by atoms with van der Waals surface area (Å²) in [5.74, 6) is 0.715. The van der Waals surface area contributed by atoms with Gasteiger partial charge in [0.25, 0.3) is 0 Å². The van der Waals surface area contributed by atoms with Gasteiger partial charge in [-0.1, -0.05) is 30.3 Å². The van der Waals surface area contributed by atoms with Crippen LogP contribution in [0.15, 0.2) is 54.6 Å². The van der Waals surface area contributed by atoms with E-state index in [4.69, 9.17) is 4.74 Å². The van der Waals surface area contributed by atoms with Crippen LogP contribution in [0.5, 0.6) is 11.5 Å². The Hall–Kier alpha value is -2.82. The average Bonchev–Trinajstić information content (AvgIpc) is 3.38. The molecule has 0 heterocycles. The first-order chi connectivity index (χ1) is 12.3. The number of nitrogens with one attached hydrogen (secondary N) is 2. The van der Waals surface area contributed by atoms with Gasteiger partial charge >= 0.3 is 0 Å². The maximum Gasteiger partial charge on any atom is 0.240 e. The number of benzene rings is 2. The summed E-state index contributed by atoms with van der Waals surface area (Å²) in [5, 5.41) is 5.79. The van der Waals surface area contributed by atoms with E-state index in [1.54, 1.807) is 12.1 Å². The number of rotatable bonds is 5. The van der Waals surface area contributed by atoms with Gasteiger partial charge in [0, 0.05) is 5.54 Å². The van der Waals surface area contributed by atoms with Crippen molar-refractivity contribution in [2.75, 3.05) is 5.32 Å². The molecule has 0 aliphatic heterocycles. The van der Waals surface area contributed by atoms with Gasteiger partial charge in [0.15, 0.2) is 5.75 Å². The first kappa shape index (κ1) is 18.0. The summed E-state index contributed by atoms with van der Waals surface area (Å²) < 4.78 is 5.87. The van der Waals surface area contributed by atoms with Crippen LogP contribution in [0.25, 0.3) is 0 Å². The highest BCUT2D eigenvalue weighted by atomic mass is 16.5. The molecule has 0 unspecified atom stereocenters. The Labute approximate surface area is 153 Å². The predicted octanol–water partition coefficient (Wildman–Crippen LogP) is 4.11. The Morgan fingerprint density at radius 3 is 2.15 bits per heavy atom. The number of hydrogen-bond acceptors (Lipinski definition) is 3. The molecule has 2 aromatic carbocycles. The summed E-state index contributed by atoms with van der Waals surface area (Å²) in [4.78, 5) is 25.3. The van der Waals surface area contributed by atoms with Crippen LogP contribution < -0.4 is 15.4 Å². The number of ether oxygens (including phenoxy) is 1. The van der Waals surface area contributed by atoms with Crippen molar-refractivity contribution < 1.29 is 14.3 Å². The van der Waals surface area contributed by atoms with Crippen LogP contribution in [0.4, 0.5) is 5.69 Å². The lowest BCUT2D eigenvalue weighted by atomic mass is 10.0. The number of carbonyl (C=O) groups excluding carboxylic acids is 2. The Kier molecular flexibility index (Phi) is 4.72. The molecule has 5 heteroatoms. The van der Waals surface area contributed by atoms with Crippen LogP contribution in [0.2, 0.25) is 0 Å². The lowest BCUT2D eigenvalue weighted by molar-refractivity contribution is -0.135. The maximum atomic E-state index is 12.8. The van der Waals surface area contributed by atoms with E-state index >= 15 is 0 Å². The average molecular weight is 352 g/mol. The SMILES string of the molecule is CC(C)(C)NC(=O)C1(C(=O)Nc2ccccc2Oc2ccccc2)CC1. The number of para-hydroxylation sites is 3. The molecule has 0 spiro atoms. The summed E-state index contributed by atoms with van der Waals surface area (Å²) in [6, 6.07) is 16.6. The van der Waals surface area contributed by atoms with Gasteiger partial charge in [0.05, 0.1) is 5.69 Å². The normalized spacial score (nSPS) is 15.0. The maximum absolute atomic E-state index is 12.8. The molecule has 2 N–H and O–H groups in total. The minimum absolute atomic E-state index is 0.219. The van der Waals surface area contributed by atoms with Crippen molar-refractivity contribution in [1.82, 2.24) is 5.32 Å². The third kappa shape index (κ3) is 4.04. The molecule has 0 saturated heterocycles. The standard InChI is InChI=1S/C21H24N2O3/c1-20(2,3)23-19(25)21(13-14-21)18(24)22-16-11-7-8-12-17(16)26-15-9-5-4-6-10-15/h4-12H,13-14H2,1-3H3,(H,22,24)(H,23,25). The topological polar surface area (TPSA) is 67.4 Å². The fourth-order valence-corrected chi connectivity index (χ4v) is 2.66. The van der Waals surface area contributed by atoms with Crippen LogP contribution in [0, 0.1) is 5.41 Å². The molecule has 1 aliphatic rings. The highest BCUT2D eigenvalue weighted by molar-refractivity contribution is 6.13. The summed E-state index contributed by atoms with van der Waals surface area (Å²) in [5.41, 5.74) is -0.801. The van der Waals surface area contributed by atoms with Crippen molar-refractivity contribution in [1.29, 1.82) is 0 Å². The fraction of sp³-hybridized carbons (Fsp3) is 0.333. The molecule has 26 heavy (non-hydrogen) atoms. The van der Waals surface area contributed by atoms with E-state index in [1.807, 2.05) is 63.2 Å². The number of carbonyl (C=O) groups is 2. The second-order valence-electron chi connectivity index (χ2n) is 7.65. The van der Waals surface area contributed by atoms with Gasteiger partial charge in [-0.05, 0) is 57.9 Å².